The first-order chi connectivity index (χ1) is 8.15. The van der Waals surface area contributed by atoms with E-state index < -0.39 is 0 Å². The highest BCUT2D eigenvalue weighted by Gasteiger charge is 2.12. The SMILES string of the molecule is CCNCCC(=O)c1ccccc1OC(C)C. The summed E-state index contributed by atoms with van der Waals surface area (Å²) in [6.45, 7) is 7.54. The van der Waals surface area contributed by atoms with Crippen molar-refractivity contribution in [2.75, 3.05) is 13.1 Å². The molecule has 3 heteroatoms. The van der Waals surface area contributed by atoms with Gasteiger partial charge in [-0.3, -0.25) is 4.79 Å². The lowest BCUT2D eigenvalue weighted by Gasteiger charge is -2.13. The molecule has 0 atom stereocenters. The van der Waals surface area contributed by atoms with E-state index >= 15 is 0 Å². The van der Waals surface area contributed by atoms with E-state index in [2.05, 4.69) is 5.32 Å². The number of carbonyl (C=O) groups excluding carboxylic acids is 1. The molecular weight excluding hydrogens is 214 g/mol. The maximum atomic E-state index is 12.0. The van der Waals surface area contributed by atoms with Gasteiger partial charge >= 0.3 is 0 Å². The van der Waals surface area contributed by atoms with Crippen LogP contribution in [0, 0.1) is 0 Å². The summed E-state index contributed by atoms with van der Waals surface area (Å²) in [7, 11) is 0. The van der Waals surface area contributed by atoms with Gasteiger partial charge in [-0.2, -0.15) is 0 Å². The Hall–Kier alpha value is -1.35. The largest absolute Gasteiger partial charge is 0.490 e. The molecule has 3 nitrogen and oxygen atoms in total. The molecular formula is C14H21NO2. The zero-order chi connectivity index (χ0) is 12.7. The fourth-order valence-corrected chi connectivity index (χ4v) is 1.57. The molecule has 1 N–H and O–H groups in total. The number of ketones is 1. The van der Waals surface area contributed by atoms with E-state index in [1.807, 2.05) is 45.0 Å². The van der Waals surface area contributed by atoms with Crippen LogP contribution in [0.4, 0.5) is 0 Å². The van der Waals surface area contributed by atoms with E-state index in [1.54, 1.807) is 0 Å². The monoisotopic (exact) mass is 235 g/mol. The second-order valence-electron chi connectivity index (χ2n) is 4.19. The molecule has 0 aliphatic carbocycles. The molecule has 1 rings (SSSR count). The second kappa shape index (κ2) is 7.07. The van der Waals surface area contributed by atoms with E-state index in [1.165, 1.54) is 0 Å². The maximum Gasteiger partial charge on any atom is 0.167 e. The number of para-hydroxylation sites is 1. The number of hydrogen-bond donors (Lipinski definition) is 1. The lowest BCUT2D eigenvalue weighted by molar-refractivity contribution is 0.0977. The van der Waals surface area contributed by atoms with Gasteiger partial charge in [0.1, 0.15) is 5.75 Å². The van der Waals surface area contributed by atoms with Gasteiger partial charge in [0, 0.05) is 13.0 Å². The predicted octanol–water partition coefficient (Wildman–Crippen LogP) is 2.66. The van der Waals surface area contributed by atoms with Gasteiger partial charge in [-0.05, 0) is 32.5 Å². The smallest absolute Gasteiger partial charge is 0.167 e. The molecule has 0 saturated carbocycles. The molecule has 0 fully saturated rings. The van der Waals surface area contributed by atoms with Crippen LogP contribution in [0.25, 0.3) is 0 Å². The first kappa shape index (κ1) is 13.7. The zero-order valence-electron chi connectivity index (χ0n) is 10.8. The van der Waals surface area contributed by atoms with Crippen LogP contribution in [0.2, 0.25) is 0 Å². The molecule has 0 amide bonds. The van der Waals surface area contributed by atoms with Gasteiger partial charge in [0.15, 0.2) is 5.78 Å². The van der Waals surface area contributed by atoms with Crippen molar-refractivity contribution in [1.82, 2.24) is 5.32 Å². The minimum absolute atomic E-state index is 0.0812. The summed E-state index contributed by atoms with van der Waals surface area (Å²) in [5.74, 6) is 0.811. The summed E-state index contributed by atoms with van der Waals surface area (Å²) in [6.07, 6.45) is 0.587. The summed E-state index contributed by atoms with van der Waals surface area (Å²) in [6, 6.07) is 7.43. The average Bonchev–Trinajstić information content (AvgIpc) is 2.29. The van der Waals surface area contributed by atoms with Crippen LogP contribution in [0.5, 0.6) is 5.75 Å². The average molecular weight is 235 g/mol. The highest BCUT2D eigenvalue weighted by Crippen LogP contribution is 2.20. The van der Waals surface area contributed by atoms with Crippen molar-refractivity contribution < 1.29 is 9.53 Å². The number of ether oxygens (including phenoxy) is 1. The third kappa shape index (κ3) is 4.57. The second-order valence-corrected chi connectivity index (χ2v) is 4.19. The zero-order valence-corrected chi connectivity index (χ0v) is 10.8. The molecule has 17 heavy (non-hydrogen) atoms. The van der Waals surface area contributed by atoms with Crippen LogP contribution in [0.1, 0.15) is 37.6 Å². The molecule has 0 bridgehead atoms. The van der Waals surface area contributed by atoms with Gasteiger partial charge in [0.05, 0.1) is 11.7 Å². The number of carbonyl (C=O) groups is 1. The summed E-state index contributed by atoms with van der Waals surface area (Å²) in [5, 5.41) is 3.15. The molecule has 0 radical (unpaired) electrons. The van der Waals surface area contributed by atoms with E-state index in [0.717, 1.165) is 6.54 Å². The Morgan fingerprint density at radius 1 is 1.35 bits per heavy atom. The molecule has 0 aromatic heterocycles. The van der Waals surface area contributed by atoms with Crippen LogP contribution in [-0.2, 0) is 0 Å². The molecule has 1 aromatic carbocycles. The van der Waals surface area contributed by atoms with Gasteiger partial charge in [-0.1, -0.05) is 19.1 Å². The minimum atomic E-state index is 0.0812. The van der Waals surface area contributed by atoms with Crippen LogP contribution in [0.15, 0.2) is 24.3 Å². The topological polar surface area (TPSA) is 38.3 Å². The Labute approximate surface area is 103 Å². The number of rotatable bonds is 7. The van der Waals surface area contributed by atoms with Gasteiger partial charge in [-0.25, -0.2) is 0 Å². The Morgan fingerprint density at radius 3 is 2.71 bits per heavy atom. The van der Waals surface area contributed by atoms with Crippen LogP contribution in [-0.4, -0.2) is 25.0 Å². The molecule has 0 spiro atoms. The van der Waals surface area contributed by atoms with Crippen LogP contribution in [0.3, 0.4) is 0 Å². The standard InChI is InChI=1S/C14H21NO2/c1-4-15-10-9-13(16)12-7-5-6-8-14(12)17-11(2)3/h5-8,11,15H,4,9-10H2,1-3H3. The quantitative estimate of drug-likeness (QED) is 0.583. The van der Waals surface area contributed by atoms with Gasteiger partial charge < -0.3 is 10.1 Å². The van der Waals surface area contributed by atoms with Crippen molar-refractivity contribution in [1.29, 1.82) is 0 Å². The first-order valence-corrected chi connectivity index (χ1v) is 6.14. The van der Waals surface area contributed by atoms with Gasteiger partial charge in [0.25, 0.3) is 0 Å². The van der Waals surface area contributed by atoms with Crippen LogP contribution >= 0.6 is 0 Å². The molecule has 0 saturated heterocycles. The molecule has 0 aliphatic rings. The summed E-state index contributed by atoms with van der Waals surface area (Å²) < 4.78 is 5.63. The number of hydrogen-bond acceptors (Lipinski definition) is 3. The first-order valence-electron chi connectivity index (χ1n) is 6.14. The molecule has 94 valence electrons. The third-order valence-electron chi connectivity index (χ3n) is 2.33. The van der Waals surface area contributed by atoms with Crippen molar-refractivity contribution in [2.24, 2.45) is 0 Å². The summed E-state index contributed by atoms with van der Waals surface area (Å²) >= 11 is 0. The molecule has 0 unspecified atom stereocenters. The number of nitrogens with one attached hydrogen (secondary N) is 1. The Kier molecular flexibility index (Phi) is 5.70. The normalized spacial score (nSPS) is 10.6. The van der Waals surface area contributed by atoms with Crippen molar-refractivity contribution in [3.8, 4) is 5.75 Å². The number of Topliss-reactive ketones (excluding diaryl/α,β-unsaturated/α-hetero) is 1. The molecule has 1 aromatic rings. The molecule has 0 heterocycles. The van der Waals surface area contributed by atoms with Gasteiger partial charge in [-0.15, -0.1) is 0 Å². The lowest BCUT2D eigenvalue weighted by atomic mass is 10.1. The van der Waals surface area contributed by atoms with E-state index in [-0.39, 0.29) is 11.9 Å². The minimum Gasteiger partial charge on any atom is -0.490 e. The summed E-state index contributed by atoms with van der Waals surface area (Å²) in [5.41, 5.74) is 0.680. The van der Waals surface area contributed by atoms with Crippen LogP contribution < -0.4 is 10.1 Å². The fourth-order valence-electron chi connectivity index (χ4n) is 1.57. The summed E-state index contributed by atoms with van der Waals surface area (Å²) in [4.78, 5) is 12.0. The number of benzene rings is 1. The lowest BCUT2D eigenvalue weighted by Crippen LogP contribution is -2.18. The van der Waals surface area contributed by atoms with E-state index in [0.29, 0.717) is 24.3 Å². The molecule has 0 aliphatic heterocycles. The fraction of sp³-hybridized carbons (Fsp3) is 0.500. The van der Waals surface area contributed by atoms with E-state index in [4.69, 9.17) is 4.74 Å². The van der Waals surface area contributed by atoms with Crippen molar-refractivity contribution >= 4 is 5.78 Å². The maximum absolute atomic E-state index is 12.0. The third-order valence-corrected chi connectivity index (χ3v) is 2.33. The Morgan fingerprint density at radius 2 is 2.06 bits per heavy atom. The highest BCUT2D eigenvalue weighted by atomic mass is 16.5. The van der Waals surface area contributed by atoms with Gasteiger partial charge in [0.2, 0.25) is 0 Å². The predicted molar refractivity (Wildman–Crippen MR) is 69.7 cm³/mol. The van der Waals surface area contributed by atoms with Crippen molar-refractivity contribution in [3.63, 3.8) is 0 Å². The Balaban J connectivity index is 2.71. The van der Waals surface area contributed by atoms with E-state index in [9.17, 15) is 4.79 Å². The van der Waals surface area contributed by atoms with Crippen molar-refractivity contribution in [3.05, 3.63) is 29.8 Å². The Bertz CT molecular complexity index is 361. The highest BCUT2D eigenvalue weighted by molar-refractivity contribution is 5.98. The van der Waals surface area contributed by atoms with Crippen molar-refractivity contribution in [2.45, 2.75) is 33.3 Å².